The first kappa shape index (κ1) is 13.6. The van der Waals surface area contributed by atoms with E-state index in [1.807, 2.05) is 49.4 Å². The maximum atomic E-state index is 12.6. The van der Waals surface area contributed by atoms with Crippen molar-refractivity contribution in [2.45, 2.75) is 25.3 Å². The molecule has 0 aliphatic carbocycles. The number of hydrogen-bond donors (Lipinski definition) is 2. The number of nitrogens with one attached hydrogen (secondary N) is 2. The van der Waals surface area contributed by atoms with E-state index in [9.17, 15) is 4.79 Å². The molecule has 1 amide bonds. The predicted octanol–water partition coefficient (Wildman–Crippen LogP) is 2.86. The van der Waals surface area contributed by atoms with E-state index in [0.29, 0.717) is 0 Å². The van der Waals surface area contributed by atoms with Crippen molar-refractivity contribution in [3.63, 3.8) is 0 Å². The summed E-state index contributed by atoms with van der Waals surface area (Å²) in [5, 5.41) is 6.42. The molecule has 2 atom stereocenters. The standard InChI is InChI=1S/C17H19N3O/c1-12(15-7-4-5-10-18-15)20-17(21)14-9-11-19-16-8-3-2-6-13(14)16/h2-8,10,12,14,19H,9,11H2,1H3,(H,20,21)/t12-,14?/m0/s1. The van der Waals surface area contributed by atoms with Crippen LogP contribution in [0.1, 0.15) is 36.6 Å². The second-order valence-corrected chi connectivity index (χ2v) is 5.34. The van der Waals surface area contributed by atoms with Gasteiger partial charge in [0.1, 0.15) is 0 Å². The molecule has 0 radical (unpaired) electrons. The Morgan fingerprint density at radius 1 is 1.29 bits per heavy atom. The summed E-state index contributed by atoms with van der Waals surface area (Å²) in [6.45, 7) is 2.79. The minimum absolute atomic E-state index is 0.0714. The first-order valence-corrected chi connectivity index (χ1v) is 7.30. The first-order chi connectivity index (χ1) is 10.3. The Morgan fingerprint density at radius 3 is 2.90 bits per heavy atom. The fourth-order valence-corrected chi connectivity index (χ4v) is 2.76. The number of fused-ring (bicyclic) bond motifs is 1. The third kappa shape index (κ3) is 2.89. The molecule has 0 spiro atoms. The average Bonchev–Trinajstić information content (AvgIpc) is 2.55. The van der Waals surface area contributed by atoms with Gasteiger partial charge in [-0.1, -0.05) is 24.3 Å². The number of aromatic nitrogens is 1. The highest BCUT2D eigenvalue weighted by atomic mass is 16.1. The van der Waals surface area contributed by atoms with E-state index < -0.39 is 0 Å². The minimum atomic E-state index is -0.0892. The van der Waals surface area contributed by atoms with Gasteiger partial charge in [-0.05, 0) is 37.1 Å². The van der Waals surface area contributed by atoms with E-state index >= 15 is 0 Å². The van der Waals surface area contributed by atoms with Gasteiger partial charge in [-0.25, -0.2) is 0 Å². The second kappa shape index (κ2) is 5.95. The highest BCUT2D eigenvalue weighted by Gasteiger charge is 2.27. The van der Waals surface area contributed by atoms with Crippen molar-refractivity contribution in [1.82, 2.24) is 10.3 Å². The number of benzene rings is 1. The topological polar surface area (TPSA) is 54.0 Å². The van der Waals surface area contributed by atoms with Crippen LogP contribution in [0.25, 0.3) is 0 Å². The van der Waals surface area contributed by atoms with E-state index in [4.69, 9.17) is 0 Å². The van der Waals surface area contributed by atoms with Gasteiger partial charge in [-0.3, -0.25) is 9.78 Å². The summed E-state index contributed by atoms with van der Waals surface area (Å²) in [6.07, 6.45) is 2.57. The summed E-state index contributed by atoms with van der Waals surface area (Å²) in [4.78, 5) is 16.9. The molecule has 108 valence electrons. The smallest absolute Gasteiger partial charge is 0.228 e. The van der Waals surface area contributed by atoms with Crippen LogP contribution in [0.4, 0.5) is 5.69 Å². The van der Waals surface area contributed by atoms with Crippen molar-refractivity contribution in [2.75, 3.05) is 11.9 Å². The third-order valence-electron chi connectivity index (χ3n) is 3.89. The van der Waals surface area contributed by atoms with E-state index in [-0.39, 0.29) is 17.9 Å². The lowest BCUT2D eigenvalue weighted by molar-refractivity contribution is -0.123. The normalized spacial score (nSPS) is 18.2. The van der Waals surface area contributed by atoms with Gasteiger partial charge in [0.25, 0.3) is 0 Å². The maximum Gasteiger partial charge on any atom is 0.228 e. The molecule has 4 heteroatoms. The van der Waals surface area contributed by atoms with Crippen LogP contribution >= 0.6 is 0 Å². The summed E-state index contributed by atoms with van der Waals surface area (Å²) in [5.41, 5.74) is 3.02. The zero-order chi connectivity index (χ0) is 14.7. The lowest BCUT2D eigenvalue weighted by Gasteiger charge is -2.27. The highest BCUT2D eigenvalue weighted by molar-refractivity contribution is 5.86. The summed E-state index contributed by atoms with van der Waals surface area (Å²) >= 11 is 0. The molecule has 4 nitrogen and oxygen atoms in total. The fraction of sp³-hybridized carbons (Fsp3) is 0.294. The van der Waals surface area contributed by atoms with Crippen LogP contribution < -0.4 is 10.6 Å². The lowest BCUT2D eigenvalue weighted by atomic mass is 9.90. The van der Waals surface area contributed by atoms with Crippen molar-refractivity contribution in [2.24, 2.45) is 0 Å². The molecule has 1 aliphatic rings. The Bertz CT molecular complexity index is 627. The molecule has 1 aromatic heterocycles. The Kier molecular flexibility index (Phi) is 3.86. The van der Waals surface area contributed by atoms with Crippen molar-refractivity contribution >= 4 is 11.6 Å². The molecule has 0 bridgehead atoms. The van der Waals surface area contributed by atoms with E-state index in [2.05, 4.69) is 15.6 Å². The van der Waals surface area contributed by atoms with Gasteiger partial charge in [0.05, 0.1) is 17.7 Å². The summed E-state index contributed by atoms with van der Waals surface area (Å²) in [6, 6.07) is 13.7. The highest BCUT2D eigenvalue weighted by Crippen LogP contribution is 2.31. The minimum Gasteiger partial charge on any atom is -0.385 e. The fourth-order valence-electron chi connectivity index (χ4n) is 2.76. The molecule has 3 rings (SSSR count). The molecular formula is C17H19N3O. The number of nitrogens with zero attached hydrogens (tertiary/aromatic N) is 1. The molecule has 1 aromatic carbocycles. The Balaban J connectivity index is 1.75. The number of para-hydroxylation sites is 1. The van der Waals surface area contributed by atoms with Crippen molar-refractivity contribution in [1.29, 1.82) is 0 Å². The number of carbonyl (C=O) groups excluding carboxylic acids is 1. The van der Waals surface area contributed by atoms with Crippen LogP contribution in [0, 0.1) is 0 Å². The molecular weight excluding hydrogens is 262 g/mol. The van der Waals surface area contributed by atoms with Gasteiger partial charge in [-0.2, -0.15) is 0 Å². The molecule has 0 saturated heterocycles. The SMILES string of the molecule is C[C@H](NC(=O)C1CCNc2ccccc21)c1ccccn1. The number of anilines is 1. The van der Waals surface area contributed by atoms with Crippen LogP contribution in [0.5, 0.6) is 0 Å². The van der Waals surface area contributed by atoms with Gasteiger partial charge in [0.15, 0.2) is 0 Å². The Morgan fingerprint density at radius 2 is 2.10 bits per heavy atom. The van der Waals surface area contributed by atoms with Crippen molar-refractivity contribution in [3.8, 4) is 0 Å². The predicted molar refractivity (Wildman–Crippen MR) is 83.1 cm³/mol. The van der Waals surface area contributed by atoms with Gasteiger partial charge in [-0.15, -0.1) is 0 Å². The van der Waals surface area contributed by atoms with Crippen molar-refractivity contribution < 1.29 is 4.79 Å². The van der Waals surface area contributed by atoms with Crippen LogP contribution in [0.2, 0.25) is 0 Å². The molecule has 0 fully saturated rings. The molecule has 1 aliphatic heterocycles. The van der Waals surface area contributed by atoms with Crippen LogP contribution in [-0.4, -0.2) is 17.4 Å². The number of carbonyl (C=O) groups is 1. The second-order valence-electron chi connectivity index (χ2n) is 5.34. The number of hydrogen-bond acceptors (Lipinski definition) is 3. The summed E-state index contributed by atoms with van der Waals surface area (Å²) in [5.74, 6) is -0.0179. The zero-order valence-corrected chi connectivity index (χ0v) is 12.0. The Hall–Kier alpha value is -2.36. The first-order valence-electron chi connectivity index (χ1n) is 7.30. The molecule has 2 heterocycles. The van der Waals surface area contributed by atoms with Gasteiger partial charge in [0, 0.05) is 18.4 Å². The quantitative estimate of drug-likeness (QED) is 0.909. The van der Waals surface area contributed by atoms with E-state index in [1.54, 1.807) is 6.20 Å². The average molecular weight is 281 g/mol. The monoisotopic (exact) mass is 281 g/mol. The van der Waals surface area contributed by atoms with E-state index in [1.165, 1.54) is 0 Å². The molecule has 0 saturated carbocycles. The van der Waals surface area contributed by atoms with Gasteiger partial charge >= 0.3 is 0 Å². The molecule has 1 unspecified atom stereocenters. The van der Waals surface area contributed by atoms with E-state index in [0.717, 1.165) is 29.9 Å². The summed E-state index contributed by atoms with van der Waals surface area (Å²) < 4.78 is 0. The van der Waals surface area contributed by atoms with Crippen LogP contribution in [0.3, 0.4) is 0 Å². The summed E-state index contributed by atoms with van der Waals surface area (Å²) in [7, 11) is 0. The molecule has 2 aromatic rings. The Labute approximate surface area is 124 Å². The number of amides is 1. The molecule has 2 N–H and O–H groups in total. The van der Waals surface area contributed by atoms with Crippen molar-refractivity contribution in [3.05, 3.63) is 59.9 Å². The number of rotatable bonds is 3. The van der Waals surface area contributed by atoms with Gasteiger partial charge in [0.2, 0.25) is 5.91 Å². The van der Waals surface area contributed by atoms with Gasteiger partial charge < -0.3 is 10.6 Å². The zero-order valence-electron chi connectivity index (χ0n) is 12.0. The van der Waals surface area contributed by atoms with Crippen LogP contribution in [0.15, 0.2) is 48.7 Å². The molecule has 21 heavy (non-hydrogen) atoms. The van der Waals surface area contributed by atoms with Crippen LogP contribution in [-0.2, 0) is 4.79 Å². The third-order valence-corrected chi connectivity index (χ3v) is 3.89. The largest absolute Gasteiger partial charge is 0.385 e. The lowest BCUT2D eigenvalue weighted by Crippen LogP contribution is -2.34. The maximum absolute atomic E-state index is 12.6. The number of pyridine rings is 1.